The van der Waals surface area contributed by atoms with Crippen molar-refractivity contribution in [2.24, 2.45) is 5.92 Å². The van der Waals surface area contributed by atoms with Gasteiger partial charge in [0.25, 0.3) is 0 Å². The van der Waals surface area contributed by atoms with Gasteiger partial charge in [-0.1, -0.05) is 24.8 Å². The van der Waals surface area contributed by atoms with Gasteiger partial charge in [0.05, 0.1) is 18.2 Å². The highest BCUT2D eigenvalue weighted by Gasteiger charge is 2.20. The van der Waals surface area contributed by atoms with Crippen LogP contribution in [-0.2, 0) is 6.54 Å². The van der Waals surface area contributed by atoms with Gasteiger partial charge in [0.15, 0.2) is 0 Å². The number of aromatic nitrogens is 2. The van der Waals surface area contributed by atoms with Gasteiger partial charge < -0.3 is 9.88 Å². The molecule has 1 N–H and O–H groups in total. The maximum absolute atomic E-state index is 4.30. The molecule has 1 aliphatic carbocycles. The van der Waals surface area contributed by atoms with E-state index < -0.39 is 0 Å². The Kier molecular flexibility index (Phi) is 5.63. The molecule has 2 rings (SSSR count). The molecule has 0 spiro atoms. The number of hydrogen-bond acceptors (Lipinski definition) is 2. The van der Waals surface area contributed by atoms with Crippen LogP contribution in [0.5, 0.6) is 0 Å². The highest BCUT2D eigenvalue weighted by molar-refractivity contribution is 5.50. The maximum Gasteiger partial charge on any atom is 0.0950 e. The van der Waals surface area contributed by atoms with Gasteiger partial charge in [0.1, 0.15) is 0 Å². The van der Waals surface area contributed by atoms with Crippen molar-refractivity contribution < 1.29 is 0 Å². The zero-order valence-corrected chi connectivity index (χ0v) is 14.2. The van der Waals surface area contributed by atoms with Crippen LogP contribution in [0.4, 0.5) is 0 Å². The SMILES string of the molecule is CCn1cncc1/C=C(/CNC(C)(C)C)C1CCCCC1. The van der Waals surface area contributed by atoms with Crippen molar-refractivity contribution in [3.8, 4) is 0 Å². The fourth-order valence-corrected chi connectivity index (χ4v) is 3.06. The summed E-state index contributed by atoms with van der Waals surface area (Å²) in [5.74, 6) is 0.744. The number of rotatable bonds is 5. The first-order valence-electron chi connectivity index (χ1n) is 8.45. The van der Waals surface area contributed by atoms with Crippen LogP contribution >= 0.6 is 0 Å². The molecule has 1 fully saturated rings. The Balaban J connectivity index is 2.17. The molecule has 0 bridgehead atoms. The zero-order valence-electron chi connectivity index (χ0n) is 14.2. The van der Waals surface area contributed by atoms with Crippen LogP contribution in [0, 0.1) is 5.92 Å². The van der Waals surface area contributed by atoms with Crippen LogP contribution in [-0.4, -0.2) is 21.6 Å². The zero-order chi connectivity index (χ0) is 15.3. The number of nitrogens with one attached hydrogen (secondary N) is 1. The Labute approximate surface area is 129 Å². The van der Waals surface area contributed by atoms with E-state index >= 15 is 0 Å². The molecule has 3 heteroatoms. The summed E-state index contributed by atoms with van der Waals surface area (Å²) in [5, 5.41) is 3.67. The highest BCUT2D eigenvalue weighted by Crippen LogP contribution is 2.30. The maximum atomic E-state index is 4.30. The summed E-state index contributed by atoms with van der Waals surface area (Å²) in [6, 6.07) is 0. The van der Waals surface area contributed by atoms with Crippen LogP contribution in [0.2, 0.25) is 0 Å². The van der Waals surface area contributed by atoms with Crippen molar-refractivity contribution in [3.63, 3.8) is 0 Å². The van der Waals surface area contributed by atoms with E-state index in [0.29, 0.717) is 0 Å². The summed E-state index contributed by atoms with van der Waals surface area (Å²) in [5.41, 5.74) is 2.97. The normalized spacial score (nSPS) is 18.2. The van der Waals surface area contributed by atoms with E-state index in [-0.39, 0.29) is 5.54 Å². The molecule has 0 unspecified atom stereocenters. The topological polar surface area (TPSA) is 29.9 Å². The van der Waals surface area contributed by atoms with Crippen molar-refractivity contribution in [2.45, 2.75) is 71.9 Å². The molecule has 0 radical (unpaired) electrons. The van der Waals surface area contributed by atoms with Crippen molar-refractivity contribution in [1.29, 1.82) is 0 Å². The minimum atomic E-state index is 0.165. The van der Waals surface area contributed by atoms with E-state index in [2.05, 4.69) is 48.6 Å². The second-order valence-corrected chi connectivity index (χ2v) is 7.26. The van der Waals surface area contributed by atoms with Gasteiger partial charge in [-0.25, -0.2) is 4.98 Å². The first-order valence-corrected chi connectivity index (χ1v) is 8.45. The van der Waals surface area contributed by atoms with Gasteiger partial charge in [0, 0.05) is 18.6 Å². The summed E-state index contributed by atoms with van der Waals surface area (Å²) in [4.78, 5) is 4.30. The third-order valence-electron chi connectivity index (χ3n) is 4.37. The molecule has 1 aliphatic rings. The number of nitrogens with zero attached hydrogens (tertiary/aromatic N) is 2. The first-order chi connectivity index (χ1) is 9.99. The highest BCUT2D eigenvalue weighted by atomic mass is 15.0. The van der Waals surface area contributed by atoms with Crippen LogP contribution in [0.1, 0.15) is 65.5 Å². The fourth-order valence-electron chi connectivity index (χ4n) is 3.06. The van der Waals surface area contributed by atoms with Crippen LogP contribution in [0.15, 0.2) is 18.1 Å². The van der Waals surface area contributed by atoms with Crippen molar-refractivity contribution in [1.82, 2.24) is 14.9 Å². The molecule has 21 heavy (non-hydrogen) atoms. The van der Waals surface area contributed by atoms with Gasteiger partial charge in [-0.3, -0.25) is 0 Å². The Morgan fingerprint density at radius 2 is 2.05 bits per heavy atom. The van der Waals surface area contributed by atoms with Crippen LogP contribution in [0.25, 0.3) is 6.08 Å². The summed E-state index contributed by atoms with van der Waals surface area (Å²) < 4.78 is 2.22. The average molecular weight is 289 g/mol. The molecule has 1 heterocycles. The molecule has 3 nitrogen and oxygen atoms in total. The lowest BCUT2D eigenvalue weighted by Gasteiger charge is -2.28. The largest absolute Gasteiger partial charge is 0.331 e. The van der Waals surface area contributed by atoms with Crippen LogP contribution in [0.3, 0.4) is 0 Å². The second kappa shape index (κ2) is 7.26. The smallest absolute Gasteiger partial charge is 0.0950 e. The Bertz CT molecular complexity index is 459. The molecular formula is C18H31N3. The van der Waals surface area contributed by atoms with Crippen molar-refractivity contribution in [3.05, 3.63) is 23.8 Å². The predicted molar refractivity (Wildman–Crippen MR) is 90.2 cm³/mol. The lowest BCUT2D eigenvalue weighted by Crippen LogP contribution is -2.38. The standard InChI is InChI=1S/C18H31N3/c1-5-21-14-19-13-17(21)11-16(12-20-18(2,3)4)15-9-7-6-8-10-15/h11,13-15,20H,5-10,12H2,1-4H3/b16-11-. The van der Waals surface area contributed by atoms with Crippen molar-refractivity contribution in [2.75, 3.05) is 6.54 Å². The number of aryl methyl sites for hydroxylation is 1. The fraction of sp³-hybridized carbons (Fsp3) is 0.722. The molecule has 1 aromatic heterocycles. The van der Waals surface area contributed by atoms with Gasteiger partial charge in [-0.2, -0.15) is 0 Å². The summed E-state index contributed by atoms with van der Waals surface area (Å²) in [6.07, 6.45) is 13.2. The average Bonchev–Trinajstić information content (AvgIpc) is 2.90. The van der Waals surface area contributed by atoms with E-state index in [1.54, 1.807) is 5.57 Å². The molecule has 1 saturated carbocycles. The third-order valence-corrected chi connectivity index (χ3v) is 4.37. The summed E-state index contributed by atoms with van der Waals surface area (Å²) in [6.45, 7) is 10.9. The number of imidazole rings is 1. The summed E-state index contributed by atoms with van der Waals surface area (Å²) >= 11 is 0. The van der Waals surface area contributed by atoms with E-state index in [1.807, 2.05) is 12.5 Å². The summed E-state index contributed by atoms with van der Waals surface area (Å²) in [7, 11) is 0. The Hall–Kier alpha value is -1.09. The molecule has 0 saturated heterocycles. The van der Waals surface area contributed by atoms with Gasteiger partial charge in [-0.15, -0.1) is 0 Å². The Morgan fingerprint density at radius 1 is 1.33 bits per heavy atom. The Morgan fingerprint density at radius 3 is 2.67 bits per heavy atom. The van der Waals surface area contributed by atoms with Crippen molar-refractivity contribution >= 4 is 6.08 Å². The monoisotopic (exact) mass is 289 g/mol. The van der Waals surface area contributed by atoms with E-state index in [9.17, 15) is 0 Å². The lowest BCUT2D eigenvalue weighted by molar-refractivity contribution is 0.378. The van der Waals surface area contributed by atoms with E-state index in [4.69, 9.17) is 0 Å². The number of hydrogen-bond donors (Lipinski definition) is 1. The minimum Gasteiger partial charge on any atom is -0.331 e. The second-order valence-electron chi connectivity index (χ2n) is 7.26. The quantitative estimate of drug-likeness (QED) is 0.878. The third kappa shape index (κ3) is 4.99. The first kappa shape index (κ1) is 16.3. The van der Waals surface area contributed by atoms with Crippen LogP contribution < -0.4 is 5.32 Å². The minimum absolute atomic E-state index is 0.165. The van der Waals surface area contributed by atoms with Gasteiger partial charge in [-0.05, 0) is 52.5 Å². The molecule has 0 atom stereocenters. The molecule has 118 valence electrons. The van der Waals surface area contributed by atoms with Gasteiger partial charge >= 0.3 is 0 Å². The molecule has 0 aliphatic heterocycles. The molecule has 1 aromatic rings. The molecular weight excluding hydrogens is 258 g/mol. The van der Waals surface area contributed by atoms with E-state index in [1.165, 1.54) is 37.8 Å². The molecule has 0 amide bonds. The van der Waals surface area contributed by atoms with Gasteiger partial charge in [0.2, 0.25) is 0 Å². The van der Waals surface area contributed by atoms with E-state index in [0.717, 1.165) is 19.0 Å². The lowest BCUT2D eigenvalue weighted by atomic mass is 9.83. The molecule has 0 aromatic carbocycles. The predicted octanol–water partition coefficient (Wildman–Crippen LogP) is 4.25.